The van der Waals surface area contributed by atoms with E-state index in [4.69, 9.17) is 16.7 Å². The Bertz CT molecular complexity index is 808. The molecule has 0 saturated carbocycles. The lowest BCUT2D eigenvalue weighted by Gasteiger charge is -2.09. The maximum atomic E-state index is 13.1. The lowest BCUT2D eigenvalue weighted by Crippen LogP contribution is -2.13. The summed E-state index contributed by atoms with van der Waals surface area (Å²) in [5.74, 6) is -1.98. The second-order valence-corrected chi connectivity index (χ2v) is 6.15. The molecule has 5 nitrogen and oxygen atoms in total. The summed E-state index contributed by atoms with van der Waals surface area (Å²) in [6, 6.07) is 8.11. The number of halogens is 2. The molecule has 0 unspecified atom stereocenters. The zero-order valence-electron chi connectivity index (χ0n) is 10.4. The van der Waals surface area contributed by atoms with Crippen LogP contribution in [0.25, 0.3) is 0 Å². The Morgan fingerprint density at radius 3 is 2.52 bits per heavy atom. The molecule has 0 radical (unpaired) electrons. The van der Waals surface area contributed by atoms with Crippen LogP contribution in [0.4, 0.5) is 10.1 Å². The number of carboxylic acid groups (broad SMARTS) is 1. The quantitative estimate of drug-likeness (QED) is 0.903. The minimum atomic E-state index is -4.02. The van der Waals surface area contributed by atoms with E-state index in [2.05, 4.69) is 4.72 Å². The van der Waals surface area contributed by atoms with E-state index in [-0.39, 0.29) is 21.2 Å². The lowest BCUT2D eigenvalue weighted by molar-refractivity contribution is 0.0697. The normalized spacial score (nSPS) is 11.1. The van der Waals surface area contributed by atoms with Crippen molar-refractivity contribution in [2.24, 2.45) is 0 Å². The molecule has 0 aromatic heterocycles. The van der Waals surface area contributed by atoms with Crippen molar-refractivity contribution in [2.75, 3.05) is 4.72 Å². The van der Waals surface area contributed by atoms with Gasteiger partial charge in [0.05, 0.1) is 15.5 Å². The molecular weight excluding hydrogens is 321 g/mol. The molecule has 2 aromatic carbocycles. The molecule has 0 amide bonds. The van der Waals surface area contributed by atoms with Gasteiger partial charge < -0.3 is 5.11 Å². The van der Waals surface area contributed by atoms with Gasteiger partial charge in [0, 0.05) is 5.69 Å². The van der Waals surface area contributed by atoms with E-state index in [1.807, 2.05) is 0 Å². The summed E-state index contributed by atoms with van der Waals surface area (Å²) in [7, 11) is -4.02. The molecule has 2 rings (SSSR count). The molecule has 2 aromatic rings. The summed E-state index contributed by atoms with van der Waals surface area (Å²) in [6.45, 7) is 0. The van der Waals surface area contributed by atoms with Crippen LogP contribution < -0.4 is 4.72 Å². The summed E-state index contributed by atoms with van der Waals surface area (Å²) in [4.78, 5) is 10.7. The van der Waals surface area contributed by atoms with E-state index in [9.17, 15) is 17.6 Å². The Morgan fingerprint density at radius 1 is 1.19 bits per heavy atom. The standard InChI is InChI=1S/C13H9ClFNO4S/c14-12-5-4-9(7-11(12)13(17)18)16-21(19,20)10-3-1-2-8(15)6-10/h1-7,16H,(H,17,18). The highest BCUT2D eigenvalue weighted by atomic mass is 35.5. The highest BCUT2D eigenvalue weighted by molar-refractivity contribution is 7.92. The van der Waals surface area contributed by atoms with Crippen molar-refractivity contribution in [1.82, 2.24) is 0 Å². The number of carbonyl (C=O) groups is 1. The van der Waals surface area contributed by atoms with Gasteiger partial charge in [-0.15, -0.1) is 0 Å². The smallest absolute Gasteiger partial charge is 0.337 e. The minimum Gasteiger partial charge on any atom is -0.478 e. The number of hydrogen-bond donors (Lipinski definition) is 2. The number of nitrogens with one attached hydrogen (secondary N) is 1. The van der Waals surface area contributed by atoms with E-state index in [1.54, 1.807) is 0 Å². The Morgan fingerprint density at radius 2 is 1.90 bits per heavy atom. The number of anilines is 1. The monoisotopic (exact) mass is 329 g/mol. The number of carboxylic acids is 1. The van der Waals surface area contributed by atoms with E-state index in [0.29, 0.717) is 0 Å². The van der Waals surface area contributed by atoms with Crippen molar-refractivity contribution < 1.29 is 22.7 Å². The van der Waals surface area contributed by atoms with Crippen LogP contribution >= 0.6 is 11.6 Å². The Hall–Kier alpha value is -2.12. The van der Waals surface area contributed by atoms with Crippen LogP contribution in [0.2, 0.25) is 5.02 Å². The Labute approximate surface area is 125 Å². The molecule has 8 heteroatoms. The van der Waals surface area contributed by atoms with Gasteiger partial charge in [0.2, 0.25) is 0 Å². The molecule has 0 atom stereocenters. The Kier molecular flexibility index (Phi) is 4.15. The number of sulfonamides is 1. The third kappa shape index (κ3) is 3.50. The third-order valence-corrected chi connectivity index (χ3v) is 4.26. The summed E-state index contributed by atoms with van der Waals surface area (Å²) in [5.41, 5.74) is -0.225. The second-order valence-electron chi connectivity index (χ2n) is 4.06. The zero-order valence-corrected chi connectivity index (χ0v) is 12.0. The minimum absolute atomic E-state index is 0.0149. The average molecular weight is 330 g/mol. The van der Waals surface area contributed by atoms with Crippen molar-refractivity contribution in [3.05, 3.63) is 58.9 Å². The molecule has 0 saturated heterocycles. The fourth-order valence-electron chi connectivity index (χ4n) is 1.60. The SMILES string of the molecule is O=C(O)c1cc(NS(=O)(=O)c2cccc(F)c2)ccc1Cl. The van der Waals surface area contributed by atoms with Crippen LogP contribution in [0.3, 0.4) is 0 Å². The molecule has 0 heterocycles. The van der Waals surface area contributed by atoms with Crippen molar-refractivity contribution >= 4 is 33.3 Å². The largest absolute Gasteiger partial charge is 0.478 e. The van der Waals surface area contributed by atoms with Gasteiger partial charge in [-0.2, -0.15) is 0 Å². The molecule has 0 spiro atoms. The average Bonchev–Trinajstić information content (AvgIpc) is 2.40. The summed E-state index contributed by atoms with van der Waals surface area (Å²) >= 11 is 5.69. The van der Waals surface area contributed by atoms with E-state index in [1.165, 1.54) is 24.3 Å². The van der Waals surface area contributed by atoms with Gasteiger partial charge >= 0.3 is 5.97 Å². The Balaban J connectivity index is 2.37. The van der Waals surface area contributed by atoms with Crippen LogP contribution in [-0.4, -0.2) is 19.5 Å². The summed E-state index contributed by atoms with van der Waals surface area (Å²) in [6.07, 6.45) is 0. The van der Waals surface area contributed by atoms with E-state index < -0.39 is 21.8 Å². The first kappa shape index (κ1) is 15.3. The number of rotatable bonds is 4. The zero-order chi connectivity index (χ0) is 15.6. The van der Waals surface area contributed by atoms with Crippen LogP contribution in [0.5, 0.6) is 0 Å². The van der Waals surface area contributed by atoms with Crippen LogP contribution in [0.15, 0.2) is 47.4 Å². The summed E-state index contributed by atoms with van der Waals surface area (Å²) < 4.78 is 39.4. The number of benzene rings is 2. The fourth-order valence-corrected chi connectivity index (χ4v) is 2.88. The first-order valence-corrected chi connectivity index (χ1v) is 7.47. The highest BCUT2D eigenvalue weighted by Gasteiger charge is 2.16. The van der Waals surface area contributed by atoms with Crippen LogP contribution in [0.1, 0.15) is 10.4 Å². The van der Waals surface area contributed by atoms with Gasteiger partial charge in [0.1, 0.15) is 5.82 Å². The molecule has 0 bridgehead atoms. The predicted molar refractivity (Wildman–Crippen MR) is 75.6 cm³/mol. The molecular formula is C13H9ClFNO4S. The third-order valence-electron chi connectivity index (χ3n) is 2.56. The first-order valence-electron chi connectivity index (χ1n) is 5.61. The second kappa shape index (κ2) is 5.71. The molecule has 110 valence electrons. The molecule has 21 heavy (non-hydrogen) atoms. The summed E-state index contributed by atoms with van der Waals surface area (Å²) in [5, 5.41) is 8.91. The van der Waals surface area contributed by atoms with E-state index >= 15 is 0 Å². The van der Waals surface area contributed by atoms with Crippen molar-refractivity contribution in [3.63, 3.8) is 0 Å². The van der Waals surface area contributed by atoms with Crippen LogP contribution in [0, 0.1) is 5.82 Å². The van der Waals surface area contributed by atoms with E-state index in [0.717, 1.165) is 18.2 Å². The molecule has 0 fully saturated rings. The number of aromatic carboxylic acids is 1. The fraction of sp³-hybridized carbons (Fsp3) is 0. The van der Waals surface area contributed by atoms with Gasteiger partial charge in [-0.1, -0.05) is 17.7 Å². The van der Waals surface area contributed by atoms with Gasteiger partial charge in [-0.05, 0) is 36.4 Å². The highest BCUT2D eigenvalue weighted by Crippen LogP contribution is 2.23. The predicted octanol–water partition coefficient (Wildman–Crippen LogP) is 2.98. The maximum Gasteiger partial charge on any atom is 0.337 e. The van der Waals surface area contributed by atoms with Gasteiger partial charge in [-0.3, -0.25) is 4.72 Å². The van der Waals surface area contributed by atoms with Crippen LogP contribution in [-0.2, 0) is 10.0 Å². The number of hydrogen-bond acceptors (Lipinski definition) is 3. The van der Waals surface area contributed by atoms with Gasteiger partial charge in [-0.25, -0.2) is 17.6 Å². The van der Waals surface area contributed by atoms with Crippen molar-refractivity contribution in [1.29, 1.82) is 0 Å². The van der Waals surface area contributed by atoms with Gasteiger partial charge in [0.25, 0.3) is 10.0 Å². The first-order chi connectivity index (χ1) is 9.79. The molecule has 0 aliphatic rings. The topological polar surface area (TPSA) is 83.5 Å². The van der Waals surface area contributed by atoms with Gasteiger partial charge in [0.15, 0.2) is 0 Å². The molecule has 0 aliphatic heterocycles. The molecule has 0 aliphatic carbocycles. The maximum absolute atomic E-state index is 13.1. The van der Waals surface area contributed by atoms with Crippen molar-refractivity contribution in [2.45, 2.75) is 4.90 Å². The van der Waals surface area contributed by atoms with Crippen molar-refractivity contribution in [3.8, 4) is 0 Å². The molecule has 2 N–H and O–H groups in total. The lowest BCUT2D eigenvalue weighted by atomic mass is 10.2.